The van der Waals surface area contributed by atoms with Crippen LogP contribution in [0.5, 0.6) is 0 Å². The molecule has 0 N–H and O–H groups in total. The second-order valence-corrected chi connectivity index (χ2v) is 8.68. The third kappa shape index (κ3) is 2.41. The fourth-order valence-electron chi connectivity index (χ4n) is 4.85. The van der Waals surface area contributed by atoms with Gasteiger partial charge in [-0.3, -0.25) is 0 Å². The van der Waals surface area contributed by atoms with Gasteiger partial charge in [-0.15, -0.1) is 0 Å². The van der Waals surface area contributed by atoms with Gasteiger partial charge in [-0.05, 0) is 57.1 Å². The summed E-state index contributed by atoms with van der Waals surface area (Å²) in [7, 11) is 0. The molecule has 0 fully saturated rings. The van der Waals surface area contributed by atoms with Crippen molar-refractivity contribution in [3.8, 4) is 28.3 Å². The van der Waals surface area contributed by atoms with Crippen molar-refractivity contribution in [1.82, 2.24) is 9.97 Å². The summed E-state index contributed by atoms with van der Waals surface area (Å²) in [4.78, 5) is 8.33. The van der Waals surface area contributed by atoms with Crippen LogP contribution >= 0.6 is 11.6 Å². The average molecular weight is 422 g/mol. The van der Waals surface area contributed by atoms with Gasteiger partial charge in [0.1, 0.15) is 17.2 Å². The Kier molecular flexibility index (Phi) is 3.60. The van der Waals surface area contributed by atoms with E-state index in [4.69, 9.17) is 16.0 Å². The van der Waals surface area contributed by atoms with Crippen molar-refractivity contribution in [3.05, 3.63) is 82.8 Å². The van der Waals surface area contributed by atoms with Crippen LogP contribution < -0.4 is 0 Å². The summed E-state index contributed by atoms with van der Waals surface area (Å²) in [5.74, 6) is 0. The number of nitriles is 1. The average Bonchev–Trinajstić information content (AvgIpc) is 3.26. The van der Waals surface area contributed by atoms with Crippen molar-refractivity contribution >= 4 is 33.7 Å². The molecule has 148 valence electrons. The van der Waals surface area contributed by atoms with Gasteiger partial charge in [-0.25, -0.2) is 9.97 Å². The van der Waals surface area contributed by atoms with E-state index >= 15 is 0 Å². The maximum absolute atomic E-state index is 9.41. The lowest BCUT2D eigenvalue weighted by molar-refractivity contribution is 0.660. The first kappa shape index (κ1) is 18.1. The van der Waals surface area contributed by atoms with Crippen LogP contribution in [0.3, 0.4) is 0 Å². The van der Waals surface area contributed by atoms with Crippen molar-refractivity contribution in [2.75, 3.05) is 0 Å². The zero-order valence-electron chi connectivity index (χ0n) is 16.9. The van der Waals surface area contributed by atoms with Crippen molar-refractivity contribution in [1.29, 1.82) is 5.26 Å². The van der Waals surface area contributed by atoms with Gasteiger partial charge in [0.15, 0.2) is 11.3 Å². The van der Waals surface area contributed by atoms with E-state index in [1.807, 2.05) is 12.1 Å². The number of halogens is 1. The smallest absolute Gasteiger partial charge is 0.224 e. The molecule has 0 aliphatic heterocycles. The third-order valence-electron chi connectivity index (χ3n) is 6.31. The Morgan fingerprint density at radius 3 is 2.55 bits per heavy atom. The predicted octanol–water partition coefficient (Wildman–Crippen LogP) is 6.87. The molecule has 2 heterocycles. The summed E-state index contributed by atoms with van der Waals surface area (Å²) in [6.07, 6.45) is 0. The Hall–Kier alpha value is -3.68. The normalized spacial score (nSPS) is 13.9. The topological polar surface area (TPSA) is 62.7 Å². The second-order valence-electron chi connectivity index (χ2n) is 8.34. The van der Waals surface area contributed by atoms with Crippen molar-refractivity contribution in [2.45, 2.75) is 19.3 Å². The zero-order chi connectivity index (χ0) is 21.3. The molecule has 0 amide bonds. The van der Waals surface area contributed by atoms with Gasteiger partial charge in [0.2, 0.25) is 5.28 Å². The molecular weight excluding hydrogens is 406 g/mol. The number of nitrogens with zero attached hydrogens (tertiary/aromatic N) is 3. The number of furan rings is 1. The van der Waals surface area contributed by atoms with E-state index in [0.29, 0.717) is 16.7 Å². The number of fused-ring (bicyclic) bond motifs is 6. The molecule has 2 aromatic heterocycles. The third-order valence-corrected chi connectivity index (χ3v) is 6.48. The van der Waals surface area contributed by atoms with Gasteiger partial charge in [0.25, 0.3) is 0 Å². The van der Waals surface area contributed by atoms with Crippen molar-refractivity contribution in [2.24, 2.45) is 0 Å². The highest BCUT2D eigenvalue weighted by Crippen LogP contribution is 2.52. The van der Waals surface area contributed by atoms with E-state index in [1.54, 1.807) is 0 Å². The Morgan fingerprint density at radius 1 is 0.935 bits per heavy atom. The molecule has 0 saturated heterocycles. The summed E-state index contributed by atoms with van der Waals surface area (Å²) < 4.78 is 5.90. The summed E-state index contributed by atoms with van der Waals surface area (Å²) in [5.41, 5.74) is 9.07. The number of rotatable bonds is 1. The lowest BCUT2D eigenvalue weighted by Gasteiger charge is -2.21. The van der Waals surface area contributed by atoms with E-state index < -0.39 is 0 Å². The molecule has 0 radical (unpaired) electrons. The number of benzene rings is 3. The molecule has 1 aliphatic carbocycles. The summed E-state index contributed by atoms with van der Waals surface area (Å²) in [6.45, 7) is 4.55. The standard InChI is InChI=1S/C26H16ClN3O/c1-26(2)18-8-4-3-6-16(18)22-15(7-5-9-19(22)26)14-10-11-21-17(12-14)23-24(31-21)20(13-28)29-25(27)30-23/h3-12H,1-2H3. The maximum Gasteiger partial charge on any atom is 0.224 e. The van der Waals surface area contributed by atoms with Gasteiger partial charge in [0, 0.05) is 10.8 Å². The summed E-state index contributed by atoms with van der Waals surface area (Å²) in [6, 6.07) is 23.2. The highest BCUT2D eigenvalue weighted by molar-refractivity contribution is 6.29. The van der Waals surface area contributed by atoms with Crippen LogP contribution in [0.4, 0.5) is 0 Å². The van der Waals surface area contributed by atoms with E-state index in [-0.39, 0.29) is 16.4 Å². The Labute approximate surface area is 183 Å². The van der Waals surface area contributed by atoms with Gasteiger partial charge >= 0.3 is 0 Å². The van der Waals surface area contributed by atoms with Crippen LogP contribution in [0, 0.1) is 11.3 Å². The van der Waals surface area contributed by atoms with E-state index in [0.717, 1.165) is 16.5 Å². The van der Waals surface area contributed by atoms with Crippen LogP contribution in [0.25, 0.3) is 44.3 Å². The molecule has 5 aromatic rings. The zero-order valence-corrected chi connectivity index (χ0v) is 17.7. The van der Waals surface area contributed by atoms with Crippen LogP contribution in [0.2, 0.25) is 5.28 Å². The van der Waals surface area contributed by atoms with Gasteiger partial charge in [-0.1, -0.05) is 62.4 Å². The lowest BCUT2D eigenvalue weighted by atomic mass is 9.82. The van der Waals surface area contributed by atoms with E-state index in [9.17, 15) is 5.26 Å². The molecule has 4 nitrogen and oxygen atoms in total. The van der Waals surface area contributed by atoms with Crippen LogP contribution in [-0.4, -0.2) is 9.97 Å². The minimum atomic E-state index is -0.0587. The maximum atomic E-state index is 9.41. The second kappa shape index (κ2) is 6.16. The molecule has 31 heavy (non-hydrogen) atoms. The van der Waals surface area contributed by atoms with Crippen molar-refractivity contribution in [3.63, 3.8) is 0 Å². The summed E-state index contributed by atoms with van der Waals surface area (Å²) in [5, 5.41) is 10.3. The van der Waals surface area contributed by atoms with Crippen molar-refractivity contribution < 1.29 is 4.42 Å². The quantitative estimate of drug-likeness (QED) is 0.277. The van der Waals surface area contributed by atoms with Gasteiger partial charge in [-0.2, -0.15) is 5.26 Å². The van der Waals surface area contributed by atoms with E-state index in [2.05, 4.69) is 78.4 Å². The molecule has 0 spiro atoms. The number of aromatic nitrogens is 2. The molecule has 0 saturated carbocycles. The first-order valence-electron chi connectivity index (χ1n) is 10.0. The minimum Gasteiger partial charge on any atom is -0.451 e. The molecular formula is C26H16ClN3O. The van der Waals surface area contributed by atoms with Crippen LogP contribution in [0.1, 0.15) is 30.7 Å². The number of hydrogen-bond acceptors (Lipinski definition) is 4. The first-order chi connectivity index (χ1) is 15.0. The molecule has 0 unspecified atom stereocenters. The SMILES string of the molecule is CC1(C)c2ccccc2-c2c(-c3ccc4oc5c(C#N)nc(Cl)nc5c4c3)cccc21. The largest absolute Gasteiger partial charge is 0.451 e. The Balaban J connectivity index is 1.66. The van der Waals surface area contributed by atoms with Crippen LogP contribution in [-0.2, 0) is 5.41 Å². The highest BCUT2D eigenvalue weighted by Gasteiger charge is 2.36. The molecule has 5 heteroatoms. The van der Waals surface area contributed by atoms with Gasteiger partial charge in [0.05, 0.1) is 0 Å². The number of hydrogen-bond donors (Lipinski definition) is 0. The minimum absolute atomic E-state index is 0.0356. The Bertz CT molecular complexity index is 1590. The van der Waals surface area contributed by atoms with Gasteiger partial charge < -0.3 is 4.42 Å². The molecule has 0 bridgehead atoms. The van der Waals surface area contributed by atoms with Crippen LogP contribution in [0.15, 0.2) is 65.1 Å². The fraction of sp³-hybridized carbons (Fsp3) is 0.115. The lowest BCUT2D eigenvalue weighted by Crippen LogP contribution is -2.14. The Morgan fingerprint density at radius 2 is 1.71 bits per heavy atom. The fourth-order valence-corrected chi connectivity index (χ4v) is 5.02. The summed E-state index contributed by atoms with van der Waals surface area (Å²) >= 11 is 6.07. The molecule has 1 aliphatic rings. The first-order valence-corrected chi connectivity index (χ1v) is 10.4. The highest BCUT2D eigenvalue weighted by atomic mass is 35.5. The monoisotopic (exact) mass is 421 g/mol. The molecule has 0 atom stereocenters. The molecule has 6 rings (SSSR count). The molecule has 3 aromatic carbocycles. The van der Waals surface area contributed by atoms with E-state index in [1.165, 1.54) is 22.3 Å². The predicted molar refractivity (Wildman–Crippen MR) is 122 cm³/mol.